The summed E-state index contributed by atoms with van der Waals surface area (Å²) in [6.45, 7) is 3.96. The second-order valence-electron chi connectivity index (χ2n) is 4.19. The van der Waals surface area contributed by atoms with Gasteiger partial charge >= 0.3 is 0 Å². The summed E-state index contributed by atoms with van der Waals surface area (Å²) in [6.07, 6.45) is 2.23. The van der Waals surface area contributed by atoms with Crippen molar-refractivity contribution in [3.05, 3.63) is 11.5 Å². The van der Waals surface area contributed by atoms with Crippen molar-refractivity contribution in [3.8, 4) is 0 Å². The molecule has 6 nitrogen and oxygen atoms in total. The molecule has 0 unspecified atom stereocenters. The molecule has 0 amide bonds. The Bertz CT molecular complexity index is 499. The molecule has 1 saturated heterocycles. The minimum absolute atomic E-state index is 0.492. The van der Waals surface area contributed by atoms with E-state index in [0.717, 1.165) is 37.1 Å². The van der Waals surface area contributed by atoms with E-state index in [0.29, 0.717) is 17.4 Å². The molecule has 84 valence electrons. The Morgan fingerprint density at radius 3 is 2.81 bits per heavy atom. The Kier molecular flexibility index (Phi) is 2.28. The molecule has 2 aromatic rings. The number of hydrogen-bond acceptors (Lipinski definition) is 5. The lowest BCUT2D eigenvalue weighted by molar-refractivity contribution is 0.454. The van der Waals surface area contributed by atoms with E-state index in [1.807, 2.05) is 6.92 Å². The van der Waals surface area contributed by atoms with Crippen molar-refractivity contribution in [2.24, 2.45) is 0 Å². The first-order chi connectivity index (χ1) is 7.84. The van der Waals surface area contributed by atoms with Crippen molar-refractivity contribution in [3.63, 3.8) is 0 Å². The highest BCUT2D eigenvalue weighted by molar-refractivity contribution is 5.72. The van der Waals surface area contributed by atoms with Crippen LogP contribution in [0, 0.1) is 6.92 Å². The molecule has 0 atom stereocenters. The summed E-state index contributed by atoms with van der Waals surface area (Å²) in [4.78, 5) is 4.42. The molecule has 0 aromatic carbocycles. The second-order valence-corrected chi connectivity index (χ2v) is 4.19. The monoisotopic (exact) mass is 218 g/mol. The average Bonchev–Trinajstić information content (AvgIpc) is 2.73. The van der Waals surface area contributed by atoms with Gasteiger partial charge < -0.3 is 5.32 Å². The number of piperidine rings is 1. The number of aromatic amines is 1. The molecule has 0 aliphatic carbocycles. The summed E-state index contributed by atoms with van der Waals surface area (Å²) in [5.74, 6) is 1.19. The number of fused-ring (bicyclic) bond motifs is 1. The number of H-pyrrole nitrogens is 1. The van der Waals surface area contributed by atoms with Crippen LogP contribution in [0.4, 0.5) is 0 Å². The molecule has 6 heteroatoms. The van der Waals surface area contributed by atoms with E-state index in [1.165, 1.54) is 0 Å². The van der Waals surface area contributed by atoms with Crippen molar-refractivity contribution >= 4 is 11.2 Å². The van der Waals surface area contributed by atoms with Crippen LogP contribution in [0.25, 0.3) is 11.2 Å². The van der Waals surface area contributed by atoms with E-state index < -0.39 is 0 Å². The Balaban J connectivity index is 2.05. The van der Waals surface area contributed by atoms with Gasteiger partial charge in [-0.1, -0.05) is 0 Å². The Hall–Kier alpha value is -1.56. The van der Waals surface area contributed by atoms with Crippen LogP contribution in [0.1, 0.15) is 30.3 Å². The van der Waals surface area contributed by atoms with Crippen LogP contribution in [-0.4, -0.2) is 38.5 Å². The van der Waals surface area contributed by atoms with Crippen molar-refractivity contribution in [1.29, 1.82) is 0 Å². The zero-order valence-corrected chi connectivity index (χ0v) is 9.19. The summed E-state index contributed by atoms with van der Waals surface area (Å²) < 4.78 is 0. The molecule has 0 bridgehead atoms. The fraction of sp³-hybridized carbons (Fsp3) is 0.600. The first kappa shape index (κ1) is 9.65. The summed E-state index contributed by atoms with van der Waals surface area (Å²) >= 11 is 0. The third kappa shape index (κ3) is 1.55. The zero-order chi connectivity index (χ0) is 11.0. The molecule has 0 spiro atoms. The topological polar surface area (TPSA) is 79.4 Å². The summed E-state index contributed by atoms with van der Waals surface area (Å²) in [7, 11) is 0. The van der Waals surface area contributed by atoms with Crippen molar-refractivity contribution in [2.45, 2.75) is 25.7 Å². The maximum Gasteiger partial charge on any atom is 0.196 e. The Morgan fingerprint density at radius 2 is 2.00 bits per heavy atom. The molecular weight excluding hydrogens is 204 g/mol. The highest BCUT2D eigenvalue weighted by Gasteiger charge is 2.21. The van der Waals surface area contributed by atoms with Gasteiger partial charge in [0.05, 0.1) is 5.69 Å². The number of nitrogens with zero attached hydrogens (tertiary/aromatic N) is 4. The molecular formula is C10H14N6. The van der Waals surface area contributed by atoms with Gasteiger partial charge in [0.15, 0.2) is 5.65 Å². The molecule has 3 heterocycles. The maximum absolute atomic E-state index is 4.42. The van der Waals surface area contributed by atoms with E-state index >= 15 is 0 Å². The third-order valence-electron chi connectivity index (χ3n) is 3.04. The average molecular weight is 218 g/mol. The summed E-state index contributed by atoms with van der Waals surface area (Å²) in [6, 6.07) is 0. The number of nitrogens with one attached hydrogen (secondary N) is 2. The van der Waals surface area contributed by atoms with Crippen LogP contribution in [0.2, 0.25) is 0 Å². The molecule has 1 aliphatic heterocycles. The van der Waals surface area contributed by atoms with Gasteiger partial charge in [0, 0.05) is 5.92 Å². The van der Waals surface area contributed by atoms with Gasteiger partial charge in [-0.3, -0.25) is 5.10 Å². The van der Waals surface area contributed by atoms with Crippen LogP contribution >= 0.6 is 0 Å². The standard InChI is InChI=1S/C10H14N6/c1-6-12-9-8(7-2-4-11-5-3-7)14-16-10(9)15-13-6/h7,11H,2-5H2,1H3,(H,14,15,16). The second kappa shape index (κ2) is 3.79. The summed E-state index contributed by atoms with van der Waals surface area (Å²) in [5, 5.41) is 18.6. The summed E-state index contributed by atoms with van der Waals surface area (Å²) in [5.41, 5.74) is 2.63. The lowest BCUT2D eigenvalue weighted by Gasteiger charge is -2.20. The smallest absolute Gasteiger partial charge is 0.196 e. The Labute approximate surface area is 92.9 Å². The van der Waals surface area contributed by atoms with Crippen molar-refractivity contribution in [2.75, 3.05) is 13.1 Å². The highest BCUT2D eigenvalue weighted by Crippen LogP contribution is 2.27. The predicted molar refractivity (Wildman–Crippen MR) is 59.1 cm³/mol. The quantitative estimate of drug-likeness (QED) is 0.729. The first-order valence-corrected chi connectivity index (χ1v) is 5.60. The van der Waals surface area contributed by atoms with E-state index in [2.05, 4.69) is 30.7 Å². The largest absolute Gasteiger partial charge is 0.317 e. The number of rotatable bonds is 1. The van der Waals surface area contributed by atoms with Gasteiger partial charge in [-0.15, -0.1) is 10.2 Å². The van der Waals surface area contributed by atoms with Crippen LogP contribution in [0.15, 0.2) is 0 Å². The maximum atomic E-state index is 4.42. The van der Waals surface area contributed by atoms with Gasteiger partial charge in [0.25, 0.3) is 0 Å². The van der Waals surface area contributed by atoms with Crippen molar-refractivity contribution in [1.82, 2.24) is 30.7 Å². The van der Waals surface area contributed by atoms with Crippen LogP contribution < -0.4 is 5.32 Å². The van der Waals surface area contributed by atoms with Crippen LogP contribution in [0.3, 0.4) is 0 Å². The first-order valence-electron chi connectivity index (χ1n) is 5.60. The van der Waals surface area contributed by atoms with Crippen LogP contribution in [-0.2, 0) is 0 Å². The van der Waals surface area contributed by atoms with Crippen LogP contribution in [0.5, 0.6) is 0 Å². The van der Waals surface area contributed by atoms with Gasteiger partial charge in [-0.25, -0.2) is 4.98 Å². The molecule has 1 aliphatic rings. The van der Waals surface area contributed by atoms with E-state index in [1.54, 1.807) is 0 Å². The Morgan fingerprint density at radius 1 is 1.19 bits per heavy atom. The SMILES string of the molecule is Cc1nnc2[nH]nc(C3CCNCC3)c2n1. The van der Waals surface area contributed by atoms with Gasteiger partial charge in [0.1, 0.15) is 11.3 Å². The highest BCUT2D eigenvalue weighted by atomic mass is 15.2. The van der Waals surface area contributed by atoms with Gasteiger partial charge in [-0.05, 0) is 32.9 Å². The molecule has 2 N–H and O–H groups in total. The van der Waals surface area contributed by atoms with E-state index in [-0.39, 0.29) is 0 Å². The van der Waals surface area contributed by atoms with Gasteiger partial charge in [0.2, 0.25) is 0 Å². The molecule has 16 heavy (non-hydrogen) atoms. The third-order valence-corrected chi connectivity index (χ3v) is 3.04. The van der Waals surface area contributed by atoms with Crippen molar-refractivity contribution < 1.29 is 0 Å². The van der Waals surface area contributed by atoms with E-state index in [9.17, 15) is 0 Å². The lowest BCUT2D eigenvalue weighted by atomic mass is 9.94. The number of aromatic nitrogens is 5. The predicted octanol–water partition coefficient (Wildman–Crippen LogP) is 0.523. The molecule has 2 aromatic heterocycles. The van der Waals surface area contributed by atoms with Gasteiger partial charge in [-0.2, -0.15) is 5.10 Å². The molecule has 3 rings (SSSR count). The normalized spacial score (nSPS) is 18.1. The number of hydrogen-bond donors (Lipinski definition) is 2. The number of aryl methyl sites for hydroxylation is 1. The van der Waals surface area contributed by atoms with E-state index in [4.69, 9.17) is 0 Å². The minimum Gasteiger partial charge on any atom is -0.317 e. The molecule has 0 radical (unpaired) electrons. The lowest BCUT2D eigenvalue weighted by Crippen LogP contribution is -2.26. The minimum atomic E-state index is 0.492. The zero-order valence-electron chi connectivity index (χ0n) is 9.19. The fourth-order valence-electron chi connectivity index (χ4n) is 2.21. The molecule has 1 fully saturated rings. The fourth-order valence-corrected chi connectivity index (χ4v) is 2.21. The molecule has 0 saturated carbocycles.